The maximum absolute atomic E-state index is 12.5. The molecule has 0 atom stereocenters. The summed E-state index contributed by atoms with van der Waals surface area (Å²) in [7, 11) is -2.80. The zero-order valence-corrected chi connectivity index (χ0v) is 14.9. The molecule has 0 unspecified atom stereocenters. The standard InChI is InChI=1S/C16H15F3N2O5S/c1-10(22)20-11-3-8-15(25-2)14(9-11)21-27(23,24)13-6-4-12(5-7-13)26-16(17,18)19/h3-9,21H,1-2H3,(H,20,22). The smallest absolute Gasteiger partial charge is 0.495 e. The van der Waals surface area contributed by atoms with E-state index in [4.69, 9.17) is 4.74 Å². The van der Waals surface area contributed by atoms with Gasteiger partial charge < -0.3 is 14.8 Å². The Hall–Kier alpha value is -2.95. The minimum atomic E-state index is -4.88. The summed E-state index contributed by atoms with van der Waals surface area (Å²) in [5, 5.41) is 2.50. The number of methoxy groups -OCH3 is 1. The molecule has 0 aliphatic rings. The average molecular weight is 404 g/mol. The first kappa shape index (κ1) is 20.4. The van der Waals surface area contributed by atoms with E-state index in [1.807, 2.05) is 0 Å². The molecule has 0 saturated carbocycles. The third-order valence-electron chi connectivity index (χ3n) is 3.13. The Morgan fingerprint density at radius 3 is 2.22 bits per heavy atom. The van der Waals surface area contributed by atoms with Crippen LogP contribution in [0.4, 0.5) is 24.5 Å². The molecule has 0 radical (unpaired) electrons. The van der Waals surface area contributed by atoms with E-state index in [0.717, 1.165) is 24.3 Å². The monoisotopic (exact) mass is 404 g/mol. The summed E-state index contributed by atoms with van der Waals surface area (Å²) in [5.41, 5.74) is 0.370. The van der Waals surface area contributed by atoms with Crippen molar-refractivity contribution < 1.29 is 35.9 Å². The van der Waals surface area contributed by atoms with E-state index in [9.17, 15) is 26.4 Å². The molecule has 11 heteroatoms. The largest absolute Gasteiger partial charge is 0.573 e. The van der Waals surface area contributed by atoms with E-state index in [2.05, 4.69) is 14.8 Å². The van der Waals surface area contributed by atoms with Gasteiger partial charge in [0.05, 0.1) is 17.7 Å². The van der Waals surface area contributed by atoms with Crippen LogP contribution in [0.1, 0.15) is 6.92 Å². The van der Waals surface area contributed by atoms with Crippen molar-refractivity contribution in [3.63, 3.8) is 0 Å². The topological polar surface area (TPSA) is 93.7 Å². The number of hydrogen-bond acceptors (Lipinski definition) is 5. The van der Waals surface area contributed by atoms with Crippen molar-refractivity contribution in [1.29, 1.82) is 0 Å². The molecule has 0 saturated heterocycles. The van der Waals surface area contributed by atoms with Crippen molar-refractivity contribution in [3.05, 3.63) is 42.5 Å². The molecule has 27 heavy (non-hydrogen) atoms. The van der Waals surface area contributed by atoms with Crippen LogP contribution in [0.5, 0.6) is 11.5 Å². The van der Waals surface area contributed by atoms with Crippen LogP contribution in [-0.4, -0.2) is 27.8 Å². The maximum Gasteiger partial charge on any atom is 0.573 e. The second kappa shape index (κ2) is 7.74. The summed E-state index contributed by atoms with van der Waals surface area (Å²) in [4.78, 5) is 10.9. The molecule has 1 amide bonds. The van der Waals surface area contributed by atoms with E-state index in [1.54, 1.807) is 0 Å². The Balaban J connectivity index is 2.28. The number of anilines is 2. The third kappa shape index (κ3) is 5.78. The van der Waals surface area contributed by atoms with Crippen molar-refractivity contribution in [2.45, 2.75) is 18.2 Å². The van der Waals surface area contributed by atoms with E-state index in [1.165, 1.54) is 32.2 Å². The molecule has 0 spiro atoms. The van der Waals surface area contributed by atoms with Crippen LogP contribution in [-0.2, 0) is 14.8 Å². The number of ether oxygens (including phenoxy) is 2. The molecule has 7 nitrogen and oxygen atoms in total. The van der Waals surface area contributed by atoms with Crippen molar-refractivity contribution in [2.75, 3.05) is 17.1 Å². The summed E-state index contributed by atoms with van der Waals surface area (Å²) < 4.78 is 72.5. The summed E-state index contributed by atoms with van der Waals surface area (Å²) >= 11 is 0. The van der Waals surface area contributed by atoms with Crippen LogP contribution in [0.15, 0.2) is 47.4 Å². The summed E-state index contributed by atoms with van der Waals surface area (Å²) in [6.07, 6.45) is -4.88. The SMILES string of the molecule is COc1ccc(NC(C)=O)cc1NS(=O)(=O)c1ccc(OC(F)(F)F)cc1. The number of alkyl halides is 3. The summed E-state index contributed by atoms with van der Waals surface area (Å²) in [6, 6.07) is 8.00. The van der Waals surface area contributed by atoms with Gasteiger partial charge in [0, 0.05) is 12.6 Å². The number of hydrogen-bond donors (Lipinski definition) is 2. The fourth-order valence-electron chi connectivity index (χ4n) is 2.09. The van der Waals surface area contributed by atoms with Crippen LogP contribution in [0.25, 0.3) is 0 Å². The molecule has 146 valence electrons. The molecule has 2 rings (SSSR count). The fraction of sp³-hybridized carbons (Fsp3) is 0.188. The van der Waals surface area contributed by atoms with Gasteiger partial charge in [0.25, 0.3) is 10.0 Å². The Bertz CT molecular complexity index is 928. The van der Waals surface area contributed by atoms with Crippen molar-refractivity contribution in [1.82, 2.24) is 0 Å². The molecule has 0 aliphatic carbocycles. The lowest BCUT2D eigenvalue weighted by atomic mass is 10.2. The Labute approximate surface area is 153 Å². The van der Waals surface area contributed by atoms with Gasteiger partial charge in [0.1, 0.15) is 11.5 Å². The van der Waals surface area contributed by atoms with E-state index < -0.39 is 22.1 Å². The van der Waals surface area contributed by atoms with Gasteiger partial charge in [0.2, 0.25) is 5.91 Å². The maximum atomic E-state index is 12.5. The van der Waals surface area contributed by atoms with Crippen molar-refractivity contribution in [2.24, 2.45) is 0 Å². The van der Waals surface area contributed by atoms with E-state index in [0.29, 0.717) is 5.69 Å². The van der Waals surface area contributed by atoms with Gasteiger partial charge in [-0.2, -0.15) is 0 Å². The van der Waals surface area contributed by atoms with Crippen LogP contribution in [0.3, 0.4) is 0 Å². The number of nitrogens with one attached hydrogen (secondary N) is 2. The number of carbonyl (C=O) groups excluding carboxylic acids is 1. The van der Waals surface area contributed by atoms with Crippen LogP contribution < -0.4 is 19.5 Å². The second-order valence-corrected chi connectivity index (χ2v) is 6.90. The highest BCUT2D eigenvalue weighted by molar-refractivity contribution is 7.92. The predicted octanol–water partition coefficient (Wildman–Crippen LogP) is 3.35. The first-order chi connectivity index (χ1) is 12.5. The molecule has 2 aromatic rings. The number of rotatable bonds is 6. The highest BCUT2D eigenvalue weighted by Crippen LogP contribution is 2.31. The van der Waals surface area contributed by atoms with Gasteiger partial charge in [-0.15, -0.1) is 13.2 Å². The highest BCUT2D eigenvalue weighted by Gasteiger charge is 2.31. The van der Waals surface area contributed by atoms with Crippen LogP contribution in [0, 0.1) is 0 Å². The lowest BCUT2D eigenvalue weighted by molar-refractivity contribution is -0.274. The molecule has 0 aliphatic heterocycles. The highest BCUT2D eigenvalue weighted by atomic mass is 32.2. The Morgan fingerprint density at radius 1 is 1.07 bits per heavy atom. The van der Waals surface area contributed by atoms with Gasteiger partial charge in [-0.25, -0.2) is 8.42 Å². The average Bonchev–Trinajstić information content (AvgIpc) is 2.53. The molecule has 2 aromatic carbocycles. The second-order valence-electron chi connectivity index (χ2n) is 5.22. The zero-order valence-electron chi connectivity index (χ0n) is 14.1. The number of sulfonamides is 1. The van der Waals surface area contributed by atoms with Gasteiger partial charge in [0.15, 0.2) is 0 Å². The molecule has 0 heterocycles. The van der Waals surface area contributed by atoms with Crippen LogP contribution >= 0.6 is 0 Å². The molecule has 0 aromatic heterocycles. The van der Waals surface area contributed by atoms with Gasteiger partial charge >= 0.3 is 6.36 Å². The minimum absolute atomic E-state index is 0.0411. The fourth-order valence-corrected chi connectivity index (χ4v) is 3.15. The normalized spacial score (nSPS) is 11.6. The van der Waals surface area contributed by atoms with E-state index >= 15 is 0 Å². The lowest BCUT2D eigenvalue weighted by Crippen LogP contribution is -2.17. The summed E-state index contributed by atoms with van der Waals surface area (Å²) in [5.74, 6) is -0.717. The third-order valence-corrected chi connectivity index (χ3v) is 4.51. The number of carbonyl (C=O) groups is 1. The van der Waals surface area contributed by atoms with Gasteiger partial charge in [-0.05, 0) is 42.5 Å². The zero-order chi connectivity index (χ0) is 20.2. The van der Waals surface area contributed by atoms with Gasteiger partial charge in [-0.1, -0.05) is 0 Å². The van der Waals surface area contributed by atoms with E-state index in [-0.39, 0.29) is 22.2 Å². The minimum Gasteiger partial charge on any atom is -0.495 e. The number of amides is 1. The van der Waals surface area contributed by atoms with Crippen molar-refractivity contribution >= 4 is 27.3 Å². The number of benzene rings is 2. The molecule has 2 N–H and O–H groups in total. The predicted molar refractivity (Wildman–Crippen MR) is 91.2 cm³/mol. The summed E-state index contributed by atoms with van der Waals surface area (Å²) in [6.45, 7) is 1.29. The molecular weight excluding hydrogens is 389 g/mol. The first-order valence-corrected chi connectivity index (χ1v) is 8.83. The number of halogens is 3. The Morgan fingerprint density at radius 2 is 1.70 bits per heavy atom. The lowest BCUT2D eigenvalue weighted by Gasteiger charge is -2.14. The van der Waals surface area contributed by atoms with Crippen molar-refractivity contribution in [3.8, 4) is 11.5 Å². The Kier molecular flexibility index (Phi) is 5.84. The molecule has 0 fully saturated rings. The quantitative estimate of drug-likeness (QED) is 0.770. The molecular formula is C16H15F3N2O5S. The molecule has 0 bridgehead atoms. The first-order valence-electron chi connectivity index (χ1n) is 7.34. The van der Waals surface area contributed by atoms with Crippen LogP contribution in [0.2, 0.25) is 0 Å². The van der Waals surface area contributed by atoms with Gasteiger partial charge in [-0.3, -0.25) is 9.52 Å².